The van der Waals surface area contributed by atoms with Crippen molar-refractivity contribution in [2.24, 2.45) is 0 Å². The molecule has 0 N–H and O–H groups in total. The molecule has 1 unspecified atom stereocenters. The second-order valence-electron chi connectivity index (χ2n) is 6.46. The van der Waals surface area contributed by atoms with Crippen LogP contribution in [0.3, 0.4) is 0 Å². The van der Waals surface area contributed by atoms with E-state index < -0.39 is 0 Å². The van der Waals surface area contributed by atoms with Gasteiger partial charge in [-0.1, -0.05) is 12.1 Å². The van der Waals surface area contributed by atoms with Gasteiger partial charge in [0.15, 0.2) is 4.96 Å². The highest BCUT2D eigenvalue weighted by atomic mass is 32.1. The Morgan fingerprint density at radius 3 is 3.04 bits per heavy atom. The van der Waals surface area contributed by atoms with Crippen LogP contribution in [0.4, 0.5) is 5.69 Å². The number of thiazole rings is 1. The number of hydrogen-bond acceptors (Lipinski definition) is 6. The molecule has 1 aliphatic heterocycles. The number of fused-ring (bicyclic) bond motifs is 2. The van der Waals surface area contributed by atoms with E-state index in [1.54, 1.807) is 18.6 Å². The summed E-state index contributed by atoms with van der Waals surface area (Å²) in [7, 11) is 1.68. The third-order valence-electron chi connectivity index (χ3n) is 4.70. The predicted molar refractivity (Wildman–Crippen MR) is 105 cm³/mol. The number of carbonyl (C=O) groups is 1. The smallest absolute Gasteiger partial charge is 0.271 e. The van der Waals surface area contributed by atoms with E-state index in [1.807, 2.05) is 24.3 Å². The lowest BCUT2D eigenvalue weighted by Gasteiger charge is -2.37. The summed E-state index contributed by atoms with van der Waals surface area (Å²) < 4.78 is 7.48. The SMILES string of the molecule is CCN1CC(CN(C)C(=O)c2cnc3sccn3c2=O)Oc2ccccc21. The van der Waals surface area contributed by atoms with Crippen molar-refractivity contribution in [2.75, 3.05) is 31.6 Å². The van der Waals surface area contributed by atoms with Gasteiger partial charge in [-0.2, -0.15) is 0 Å². The average Bonchev–Trinajstić information content (AvgIpc) is 3.17. The lowest BCUT2D eigenvalue weighted by Crippen LogP contribution is -2.47. The fraction of sp³-hybridized carbons (Fsp3) is 0.316. The number of carbonyl (C=O) groups excluding carboxylic acids is 1. The molecule has 0 bridgehead atoms. The normalized spacial score (nSPS) is 16.1. The largest absolute Gasteiger partial charge is 0.485 e. The van der Waals surface area contributed by atoms with E-state index in [0.717, 1.165) is 18.0 Å². The van der Waals surface area contributed by atoms with Crippen LogP contribution in [-0.4, -0.2) is 53.0 Å². The molecular weight excluding hydrogens is 364 g/mol. The molecule has 1 amide bonds. The van der Waals surface area contributed by atoms with E-state index >= 15 is 0 Å². The van der Waals surface area contributed by atoms with E-state index in [0.29, 0.717) is 18.1 Å². The topological polar surface area (TPSA) is 67.1 Å². The fourth-order valence-corrected chi connectivity index (χ4v) is 4.01. The number of anilines is 1. The van der Waals surface area contributed by atoms with Gasteiger partial charge in [-0.05, 0) is 19.1 Å². The molecule has 1 aliphatic rings. The molecular formula is C19H20N4O3S. The van der Waals surface area contributed by atoms with Gasteiger partial charge in [0.05, 0.1) is 18.8 Å². The number of aromatic nitrogens is 2. The lowest BCUT2D eigenvalue weighted by molar-refractivity contribution is 0.0707. The van der Waals surface area contributed by atoms with E-state index in [4.69, 9.17) is 4.74 Å². The van der Waals surface area contributed by atoms with Crippen molar-refractivity contribution in [3.05, 3.63) is 58.0 Å². The maximum absolute atomic E-state index is 12.8. The van der Waals surface area contributed by atoms with Gasteiger partial charge in [0.2, 0.25) is 0 Å². The molecule has 0 saturated heterocycles. The second kappa shape index (κ2) is 7.03. The molecule has 140 valence electrons. The van der Waals surface area contributed by atoms with Crippen LogP contribution in [0.5, 0.6) is 5.75 Å². The Hall–Kier alpha value is -2.87. The molecule has 3 heterocycles. The first-order valence-electron chi connectivity index (χ1n) is 8.79. The quantitative estimate of drug-likeness (QED) is 0.689. The zero-order valence-corrected chi connectivity index (χ0v) is 16.0. The third-order valence-corrected chi connectivity index (χ3v) is 5.47. The first-order valence-corrected chi connectivity index (χ1v) is 9.67. The number of likely N-dealkylation sites (N-methyl/N-ethyl adjacent to an activating group) is 2. The minimum absolute atomic E-state index is 0.0666. The molecule has 0 saturated carbocycles. The Labute approximate surface area is 160 Å². The van der Waals surface area contributed by atoms with Crippen LogP contribution in [0.25, 0.3) is 4.96 Å². The number of hydrogen-bond donors (Lipinski definition) is 0. The number of rotatable bonds is 4. The minimum atomic E-state index is -0.349. The molecule has 7 nitrogen and oxygen atoms in total. The van der Waals surface area contributed by atoms with Crippen molar-refractivity contribution in [3.63, 3.8) is 0 Å². The maximum Gasteiger partial charge on any atom is 0.271 e. The van der Waals surface area contributed by atoms with E-state index in [-0.39, 0.29) is 23.1 Å². The van der Waals surface area contributed by atoms with Crippen molar-refractivity contribution in [2.45, 2.75) is 13.0 Å². The Bertz CT molecular complexity index is 1040. The van der Waals surface area contributed by atoms with Gasteiger partial charge in [-0.3, -0.25) is 14.0 Å². The number of ether oxygens (including phenoxy) is 1. The highest BCUT2D eigenvalue weighted by Crippen LogP contribution is 2.32. The zero-order chi connectivity index (χ0) is 19.0. The van der Waals surface area contributed by atoms with Gasteiger partial charge >= 0.3 is 0 Å². The molecule has 0 fully saturated rings. The van der Waals surface area contributed by atoms with Gasteiger partial charge in [0.1, 0.15) is 17.4 Å². The van der Waals surface area contributed by atoms with Crippen LogP contribution in [0.2, 0.25) is 0 Å². The summed E-state index contributed by atoms with van der Waals surface area (Å²) in [4.78, 5) is 33.9. The molecule has 8 heteroatoms. The highest BCUT2D eigenvalue weighted by Gasteiger charge is 2.27. The molecule has 0 aliphatic carbocycles. The van der Waals surface area contributed by atoms with Crippen LogP contribution in [0.1, 0.15) is 17.3 Å². The summed E-state index contributed by atoms with van der Waals surface area (Å²) in [5, 5.41) is 1.77. The molecule has 2 aromatic heterocycles. The van der Waals surface area contributed by atoms with Crippen LogP contribution in [0, 0.1) is 0 Å². The number of benzene rings is 1. The van der Waals surface area contributed by atoms with Crippen LogP contribution in [-0.2, 0) is 0 Å². The van der Waals surface area contributed by atoms with Crippen molar-refractivity contribution in [3.8, 4) is 5.75 Å². The van der Waals surface area contributed by atoms with E-state index in [2.05, 4.69) is 16.8 Å². The van der Waals surface area contributed by atoms with Crippen molar-refractivity contribution < 1.29 is 9.53 Å². The average molecular weight is 384 g/mol. The van der Waals surface area contributed by atoms with Crippen LogP contribution < -0.4 is 15.2 Å². The number of amides is 1. The second-order valence-corrected chi connectivity index (χ2v) is 7.34. The molecule has 1 aromatic carbocycles. The number of para-hydroxylation sites is 2. The van der Waals surface area contributed by atoms with Crippen molar-refractivity contribution in [1.82, 2.24) is 14.3 Å². The lowest BCUT2D eigenvalue weighted by atomic mass is 10.1. The summed E-state index contributed by atoms with van der Waals surface area (Å²) in [6.07, 6.45) is 2.82. The minimum Gasteiger partial charge on any atom is -0.485 e. The standard InChI is InChI=1S/C19H20N4O3S/c1-3-22-12-13(26-16-7-5-4-6-15(16)22)11-21(2)17(24)14-10-20-19-23(18(14)25)8-9-27-19/h4-10,13H,3,11-12H2,1-2H3. The molecule has 0 spiro atoms. The fourth-order valence-electron chi connectivity index (χ4n) is 3.34. The van der Waals surface area contributed by atoms with Gasteiger partial charge in [-0.25, -0.2) is 4.98 Å². The van der Waals surface area contributed by atoms with Crippen molar-refractivity contribution >= 4 is 27.9 Å². The van der Waals surface area contributed by atoms with Gasteiger partial charge in [0, 0.05) is 31.4 Å². The highest BCUT2D eigenvalue weighted by molar-refractivity contribution is 7.15. The van der Waals surface area contributed by atoms with Gasteiger partial charge in [0.25, 0.3) is 11.5 Å². The summed E-state index contributed by atoms with van der Waals surface area (Å²) >= 11 is 1.36. The molecule has 27 heavy (non-hydrogen) atoms. The molecule has 0 radical (unpaired) electrons. The number of nitrogens with zero attached hydrogens (tertiary/aromatic N) is 4. The summed E-state index contributed by atoms with van der Waals surface area (Å²) in [5.74, 6) is 0.469. The first-order chi connectivity index (χ1) is 13.1. The summed E-state index contributed by atoms with van der Waals surface area (Å²) in [5.41, 5.74) is 0.788. The Balaban J connectivity index is 1.53. The Morgan fingerprint density at radius 1 is 1.41 bits per heavy atom. The molecule has 4 rings (SSSR count). The van der Waals surface area contributed by atoms with Crippen LogP contribution in [0.15, 0.2) is 46.8 Å². The van der Waals surface area contributed by atoms with Gasteiger partial charge < -0.3 is 14.5 Å². The summed E-state index contributed by atoms with van der Waals surface area (Å²) in [6.45, 7) is 4.02. The van der Waals surface area contributed by atoms with Gasteiger partial charge in [-0.15, -0.1) is 11.3 Å². The molecule has 3 aromatic rings. The summed E-state index contributed by atoms with van der Waals surface area (Å²) in [6, 6.07) is 7.90. The predicted octanol–water partition coefficient (Wildman–Crippen LogP) is 2.12. The molecule has 1 atom stereocenters. The third kappa shape index (κ3) is 3.16. The monoisotopic (exact) mass is 384 g/mol. The van der Waals surface area contributed by atoms with E-state index in [1.165, 1.54) is 26.8 Å². The van der Waals surface area contributed by atoms with E-state index in [9.17, 15) is 9.59 Å². The van der Waals surface area contributed by atoms with Crippen LogP contribution >= 0.6 is 11.3 Å². The van der Waals surface area contributed by atoms with Crippen molar-refractivity contribution in [1.29, 1.82) is 0 Å². The Morgan fingerprint density at radius 2 is 2.22 bits per heavy atom. The maximum atomic E-state index is 12.8. The Kier molecular flexibility index (Phi) is 4.57. The zero-order valence-electron chi connectivity index (χ0n) is 15.2. The first kappa shape index (κ1) is 17.5.